The molecule has 98 valence electrons. The minimum atomic E-state index is -0.359. The van der Waals surface area contributed by atoms with Crippen LogP contribution in [0.4, 0.5) is 0 Å². The third kappa shape index (κ3) is 3.79. The van der Waals surface area contributed by atoms with Crippen LogP contribution < -0.4 is 4.74 Å². The number of pyridine rings is 1. The van der Waals surface area contributed by atoms with Crippen molar-refractivity contribution in [2.45, 2.75) is 6.61 Å². The SMILES string of the molecule is COC(=O)c1ccc(OCc2cncc(Br)c2)cc1. The van der Waals surface area contributed by atoms with E-state index in [4.69, 9.17) is 4.74 Å². The molecule has 0 spiro atoms. The van der Waals surface area contributed by atoms with Crippen LogP contribution in [0, 0.1) is 0 Å². The van der Waals surface area contributed by atoms with Crippen molar-refractivity contribution in [3.8, 4) is 5.75 Å². The van der Waals surface area contributed by atoms with Crippen molar-refractivity contribution in [2.24, 2.45) is 0 Å². The number of rotatable bonds is 4. The van der Waals surface area contributed by atoms with Crippen LogP contribution >= 0.6 is 15.9 Å². The Kier molecular flexibility index (Phi) is 4.52. The molecule has 2 aromatic rings. The molecule has 0 saturated heterocycles. The van der Waals surface area contributed by atoms with Crippen LogP contribution in [0.25, 0.3) is 0 Å². The van der Waals surface area contributed by atoms with Crippen LogP contribution in [0.15, 0.2) is 47.2 Å². The fraction of sp³-hybridized carbons (Fsp3) is 0.143. The molecule has 2 rings (SSSR count). The first-order valence-corrected chi connectivity index (χ1v) is 6.39. The second-order valence-electron chi connectivity index (χ2n) is 3.82. The molecule has 0 aliphatic carbocycles. The molecule has 5 heteroatoms. The number of ether oxygens (including phenoxy) is 2. The lowest BCUT2D eigenvalue weighted by molar-refractivity contribution is 0.0600. The van der Waals surface area contributed by atoms with Crippen molar-refractivity contribution in [1.29, 1.82) is 0 Å². The zero-order chi connectivity index (χ0) is 13.7. The highest BCUT2D eigenvalue weighted by atomic mass is 79.9. The largest absolute Gasteiger partial charge is 0.489 e. The number of hydrogen-bond donors (Lipinski definition) is 0. The monoisotopic (exact) mass is 321 g/mol. The highest BCUT2D eigenvalue weighted by molar-refractivity contribution is 9.10. The van der Waals surface area contributed by atoms with Crippen molar-refractivity contribution >= 4 is 21.9 Å². The Morgan fingerprint density at radius 1 is 1.26 bits per heavy atom. The molecule has 1 heterocycles. The molecule has 4 nitrogen and oxygen atoms in total. The standard InChI is InChI=1S/C14H12BrNO3/c1-18-14(17)11-2-4-13(5-3-11)19-9-10-6-12(15)8-16-7-10/h2-8H,9H2,1H3. The van der Waals surface area contributed by atoms with Crippen molar-refractivity contribution in [3.05, 3.63) is 58.3 Å². The summed E-state index contributed by atoms with van der Waals surface area (Å²) >= 11 is 3.35. The second-order valence-corrected chi connectivity index (χ2v) is 4.73. The Hall–Kier alpha value is -1.88. The fourth-order valence-corrected chi connectivity index (χ4v) is 1.92. The molecule has 0 unspecified atom stereocenters. The number of hydrogen-bond acceptors (Lipinski definition) is 4. The summed E-state index contributed by atoms with van der Waals surface area (Å²) in [5.74, 6) is 0.329. The number of halogens is 1. The van der Waals surface area contributed by atoms with Gasteiger partial charge in [-0.05, 0) is 46.3 Å². The summed E-state index contributed by atoms with van der Waals surface area (Å²) in [5.41, 5.74) is 1.46. The molecule has 0 radical (unpaired) electrons. The summed E-state index contributed by atoms with van der Waals surface area (Å²) in [6.07, 6.45) is 3.46. The van der Waals surface area contributed by atoms with Gasteiger partial charge in [-0.25, -0.2) is 4.79 Å². The lowest BCUT2D eigenvalue weighted by Gasteiger charge is -2.07. The van der Waals surface area contributed by atoms with Crippen molar-refractivity contribution in [2.75, 3.05) is 7.11 Å². The van der Waals surface area contributed by atoms with Gasteiger partial charge in [-0.1, -0.05) is 0 Å². The molecule has 0 saturated carbocycles. The summed E-state index contributed by atoms with van der Waals surface area (Å²) in [6, 6.07) is 8.74. The Balaban J connectivity index is 1.98. The Morgan fingerprint density at radius 2 is 2.00 bits per heavy atom. The van der Waals surface area contributed by atoms with Crippen LogP contribution in [0.2, 0.25) is 0 Å². The molecule has 0 aliphatic rings. The third-order valence-electron chi connectivity index (χ3n) is 2.44. The highest BCUT2D eigenvalue weighted by Crippen LogP contribution is 2.16. The van der Waals surface area contributed by atoms with Gasteiger partial charge in [0.05, 0.1) is 12.7 Å². The average Bonchev–Trinajstić information content (AvgIpc) is 2.45. The zero-order valence-corrected chi connectivity index (χ0v) is 11.9. The zero-order valence-electron chi connectivity index (χ0n) is 10.3. The first-order valence-electron chi connectivity index (χ1n) is 5.59. The molecule has 19 heavy (non-hydrogen) atoms. The predicted octanol–water partition coefficient (Wildman–Crippen LogP) is 3.21. The van der Waals surface area contributed by atoms with Gasteiger partial charge in [0.1, 0.15) is 12.4 Å². The van der Waals surface area contributed by atoms with Crippen molar-refractivity contribution in [3.63, 3.8) is 0 Å². The van der Waals surface area contributed by atoms with E-state index >= 15 is 0 Å². The van der Waals surface area contributed by atoms with E-state index in [2.05, 4.69) is 25.7 Å². The van der Waals surface area contributed by atoms with Gasteiger partial charge in [-0.15, -0.1) is 0 Å². The first-order chi connectivity index (χ1) is 9.19. The molecule has 0 amide bonds. The van der Waals surface area contributed by atoms with Gasteiger partial charge < -0.3 is 9.47 Å². The van der Waals surface area contributed by atoms with Crippen LogP contribution in [-0.2, 0) is 11.3 Å². The molecule has 0 aliphatic heterocycles. The smallest absolute Gasteiger partial charge is 0.337 e. The number of aromatic nitrogens is 1. The molecule has 0 fully saturated rings. The van der Waals surface area contributed by atoms with Gasteiger partial charge in [0, 0.05) is 22.4 Å². The molecule has 0 atom stereocenters. The Bertz CT molecular complexity index is 569. The fourth-order valence-electron chi connectivity index (χ4n) is 1.51. The quantitative estimate of drug-likeness (QED) is 0.811. The normalized spacial score (nSPS) is 10.0. The second kappa shape index (κ2) is 6.33. The van der Waals surface area contributed by atoms with Gasteiger partial charge in [-0.2, -0.15) is 0 Å². The number of methoxy groups -OCH3 is 1. The third-order valence-corrected chi connectivity index (χ3v) is 2.88. The molecular weight excluding hydrogens is 310 g/mol. The number of nitrogens with zero attached hydrogens (tertiary/aromatic N) is 1. The number of benzene rings is 1. The van der Waals surface area contributed by atoms with Crippen LogP contribution in [0.5, 0.6) is 5.75 Å². The van der Waals surface area contributed by atoms with E-state index < -0.39 is 0 Å². The van der Waals surface area contributed by atoms with E-state index in [-0.39, 0.29) is 5.97 Å². The number of esters is 1. The maximum absolute atomic E-state index is 11.3. The van der Waals surface area contributed by atoms with Crippen LogP contribution in [-0.4, -0.2) is 18.1 Å². The maximum Gasteiger partial charge on any atom is 0.337 e. The number of carbonyl (C=O) groups excluding carboxylic acids is 1. The van der Waals surface area contributed by atoms with E-state index in [9.17, 15) is 4.79 Å². The average molecular weight is 322 g/mol. The minimum Gasteiger partial charge on any atom is -0.489 e. The van der Waals surface area contributed by atoms with Crippen molar-refractivity contribution < 1.29 is 14.3 Å². The van der Waals surface area contributed by atoms with E-state index in [0.717, 1.165) is 10.0 Å². The highest BCUT2D eigenvalue weighted by Gasteiger charge is 2.04. The van der Waals surface area contributed by atoms with Gasteiger partial charge in [0.25, 0.3) is 0 Å². The predicted molar refractivity (Wildman–Crippen MR) is 74.1 cm³/mol. The van der Waals surface area contributed by atoms with E-state index in [1.165, 1.54) is 7.11 Å². The van der Waals surface area contributed by atoms with Crippen molar-refractivity contribution in [1.82, 2.24) is 4.98 Å². The van der Waals surface area contributed by atoms with Crippen LogP contribution in [0.3, 0.4) is 0 Å². The minimum absolute atomic E-state index is 0.359. The molecule has 1 aromatic heterocycles. The summed E-state index contributed by atoms with van der Waals surface area (Å²) < 4.78 is 11.1. The van der Waals surface area contributed by atoms with E-state index in [0.29, 0.717) is 17.9 Å². The van der Waals surface area contributed by atoms with Gasteiger partial charge >= 0.3 is 5.97 Å². The van der Waals surface area contributed by atoms with E-state index in [1.54, 1.807) is 36.7 Å². The summed E-state index contributed by atoms with van der Waals surface area (Å²) in [5, 5.41) is 0. The Morgan fingerprint density at radius 3 is 2.63 bits per heavy atom. The molecule has 0 bridgehead atoms. The maximum atomic E-state index is 11.3. The lowest BCUT2D eigenvalue weighted by atomic mass is 10.2. The first kappa shape index (κ1) is 13.5. The van der Waals surface area contributed by atoms with E-state index in [1.807, 2.05) is 6.07 Å². The summed E-state index contributed by atoms with van der Waals surface area (Å²) in [7, 11) is 1.35. The Labute approximate surface area is 119 Å². The van der Waals surface area contributed by atoms with Gasteiger partial charge in [0.2, 0.25) is 0 Å². The molecular formula is C14H12BrNO3. The summed E-state index contributed by atoms with van der Waals surface area (Å²) in [4.78, 5) is 15.3. The van der Waals surface area contributed by atoms with Gasteiger partial charge in [-0.3, -0.25) is 4.98 Å². The summed E-state index contributed by atoms with van der Waals surface area (Å²) in [6.45, 7) is 0.421. The topological polar surface area (TPSA) is 48.4 Å². The number of carbonyl (C=O) groups is 1. The van der Waals surface area contributed by atoms with Gasteiger partial charge in [0.15, 0.2) is 0 Å². The molecule has 0 N–H and O–H groups in total. The molecule has 1 aromatic carbocycles. The lowest BCUT2D eigenvalue weighted by Crippen LogP contribution is -2.01. The van der Waals surface area contributed by atoms with Crippen LogP contribution in [0.1, 0.15) is 15.9 Å².